The lowest BCUT2D eigenvalue weighted by atomic mass is 10.1. The molecule has 0 radical (unpaired) electrons. The van der Waals surface area contributed by atoms with Crippen LogP contribution in [-0.4, -0.2) is 33.5 Å². The van der Waals surface area contributed by atoms with E-state index in [1.807, 2.05) is 0 Å². The molecule has 7 nitrogen and oxygen atoms in total. The zero-order chi connectivity index (χ0) is 19.4. The molecule has 0 saturated heterocycles. The minimum absolute atomic E-state index is 0.00351. The van der Waals surface area contributed by atoms with Gasteiger partial charge < -0.3 is 9.47 Å². The van der Waals surface area contributed by atoms with Gasteiger partial charge in [-0.25, -0.2) is 13.1 Å². The number of fused-ring (bicyclic) bond motifs is 1. The molecule has 0 saturated carbocycles. The van der Waals surface area contributed by atoms with E-state index in [1.165, 1.54) is 32.5 Å². The van der Waals surface area contributed by atoms with Crippen LogP contribution in [0.1, 0.15) is 16.1 Å². The summed E-state index contributed by atoms with van der Waals surface area (Å²) in [6.45, 7) is 0.304. The summed E-state index contributed by atoms with van der Waals surface area (Å²) >= 11 is 0. The van der Waals surface area contributed by atoms with Crippen molar-refractivity contribution in [2.24, 2.45) is 0 Å². The monoisotopic (exact) mass is 386 g/mol. The number of pyridine rings is 1. The van der Waals surface area contributed by atoms with E-state index in [2.05, 4.69) is 9.71 Å². The van der Waals surface area contributed by atoms with Crippen molar-refractivity contribution in [2.45, 2.75) is 11.5 Å². The molecule has 140 valence electrons. The van der Waals surface area contributed by atoms with Gasteiger partial charge in [0.05, 0.1) is 29.9 Å². The number of hydrogen-bond donors (Lipinski definition) is 1. The molecule has 0 aliphatic heterocycles. The number of methoxy groups -OCH3 is 2. The van der Waals surface area contributed by atoms with Gasteiger partial charge in [-0.15, -0.1) is 0 Å². The molecule has 0 aliphatic carbocycles. The standard InChI is InChI=1S/C19H18N2O5S/c1-25-12-14-8-7-13(11-20-14)19(22)21-27(23,24)18-10-9-17(26-2)15-5-3-4-6-16(15)18/h3-11H,12H2,1-2H3,(H,21,22). The van der Waals surface area contributed by atoms with E-state index in [0.717, 1.165) is 0 Å². The number of carbonyl (C=O) groups excluding carboxylic acids is 1. The van der Waals surface area contributed by atoms with Crippen LogP contribution in [0.25, 0.3) is 10.8 Å². The predicted molar refractivity (Wildman–Crippen MR) is 100 cm³/mol. The first kappa shape index (κ1) is 18.8. The lowest BCUT2D eigenvalue weighted by Crippen LogP contribution is -2.30. The molecule has 0 atom stereocenters. The average molecular weight is 386 g/mol. The topological polar surface area (TPSA) is 94.6 Å². The maximum absolute atomic E-state index is 12.8. The first-order chi connectivity index (χ1) is 13.0. The van der Waals surface area contributed by atoms with Crippen molar-refractivity contribution < 1.29 is 22.7 Å². The number of aromatic nitrogens is 1. The van der Waals surface area contributed by atoms with Crippen molar-refractivity contribution >= 4 is 26.7 Å². The smallest absolute Gasteiger partial charge is 0.266 e. The lowest BCUT2D eigenvalue weighted by Gasteiger charge is -2.12. The highest BCUT2D eigenvalue weighted by Crippen LogP contribution is 2.30. The molecule has 0 fully saturated rings. The fourth-order valence-corrected chi connectivity index (χ4v) is 3.87. The second kappa shape index (κ2) is 7.73. The molecule has 0 bridgehead atoms. The van der Waals surface area contributed by atoms with Crippen molar-refractivity contribution in [1.29, 1.82) is 0 Å². The molecule has 0 unspecified atom stereocenters. The molecule has 1 heterocycles. The number of ether oxygens (including phenoxy) is 2. The third kappa shape index (κ3) is 3.91. The van der Waals surface area contributed by atoms with E-state index in [1.54, 1.807) is 36.4 Å². The van der Waals surface area contributed by atoms with Crippen molar-refractivity contribution in [3.8, 4) is 5.75 Å². The van der Waals surface area contributed by atoms with Crippen LogP contribution in [0.3, 0.4) is 0 Å². The van der Waals surface area contributed by atoms with Crippen molar-refractivity contribution in [2.75, 3.05) is 14.2 Å². The molecule has 3 aromatic rings. The molecule has 0 aliphatic rings. The highest BCUT2D eigenvalue weighted by Gasteiger charge is 2.22. The fourth-order valence-electron chi connectivity index (χ4n) is 2.68. The zero-order valence-electron chi connectivity index (χ0n) is 14.8. The number of sulfonamides is 1. The van der Waals surface area contributed by atoms with Crippen LogP contribution in [0.5, 0.6) is 5.75 Å². The summed E-state index contributed by atoms with van der Waals surface area (Å²) in [7, 11) is -1.04. The minimum Gasteiger partial charge on any atom is -0.496 e. The third-order valence-corrected chi connectivity index (χ3v) is 5.35. The molecule has 1 amide bonds. The number of carbonyl (C=O) groups is 1. The van der Waals surface area contributed by atoms with Crippen molar-refractivity contribution in [1.82, 2.24) is 9.71 Å². The number of nitrogens with one attached hydrogen (secondary N) is 1. The van der Waals surface area contributed by atoms with Gasteiger partial charge in [-0.1, -0.05) is 24.3 Å². The van der Waals surface area contributed by atoms with E-state index in [-0.39, 0.29) is 10.5 Å². The summed E-state index contributed by atoms with van der Waals surface area (Å²) in [6.07, 6.45) is 1.31. The number of amides is 1. The molecule has 3 rings (SSSR count). The normalized spacial score (nSPS) is 11.3. The van der Waals surface area contributed by atoms with Crippen LogP contribution in [0.15, 0.2) is 59.6 Å². The Bertz CT molecular complexity index is 1080. The molecule has 2 aromatic carbocycles. The maximum Gasteiger partial charge on any atom is 0.266 e. The van der Waals surface area contributed by atoms with Gasteiger partial charge in [0.25, 0.3) is 15.9 Å². The minimum atomic E-state index is -4.09. The Labute approximate surface area is 157 Å². The van der Waals surface area contributed by atoms with Crippen LogP contribution in [0.2, 0.25) is 0 Å². The molecule has 1 aromatic heterocycles. The van der Waals surface area contributed by atoms with Crippen LogP contribution < -0.4 is 9.46 Å². The van der Waals surface area contributed by atoms with E-state index < -0.39 is 15.9 Å². The largest absolute Gasteiger partial charge is 0.496 e. The highest BCUT2D eigenvalue weighted by molar-refractivity contribution is 7.90. The second-order valence-electron chi connectivity index (χ2n) is 5.72. The van der Waals surface area contributed by atoms with Crippen molar-refractivity contribution in [3.05, 3.63) is 66.0 Å². The Morgan fingerprint density at radius 3 is 2.41 bits per heavy atom. The van der Waals surface area contributed by atoms with E-state index in [4.69, 9.17) is 9.47 Å². The van der Waals surface area contributed by atoms with Crippen molar-refractivity contribution in [3.63, 3.8) is 0 Å². The molecule has 1 N–H and O–H groups in total. The number of nitrogens with zero attached hydrogens (tertiary/aromatic N) is 1. The SMILES string of the molecule is COCc1ccc(C(=O)NS(=O)(=O)c2ccc(OC)c3ccccc23)cn1. The first-order valence-electron chi connectivity index (χ1n) is 8.03. The Morgan fingerprint density at radius 2 is 1.78 bits per heavy atom. The summed E-state index contributed by atoms with van der Waals surface area (Å²) in [5.41, 5.74) is 0.773. The van der Waals surface area contributed by atoms with Crippen LogP contribution >= 0.6 is 0 Å². The van der Waals surface area contributed by atoms with Gasteiger partial charge in [0.1, 0.15) is 5.75 Å². The van der Waals surface area contributed by atoms with Gasteiger partial charge in [-0.05, 0) is 24.3 Å². The Balaban J connectivity index is 1.93. The first-order valence-corrected chi connectivity index (χ1v) is 9.51. The van der Waals surface area contributed by atoms with Gasteiger partial charge in [0.2, 0.25) is 0 Å². The maximum atomic E-state index is 12.8. The van der Waals surface area contributed by atoms with Crippen LogP contribution in [-0.2, 0) is 21.4 Å². The van der Waals surface area contributed by atoms with Gasteiger partial charge >= 0.3 is 0 Å². The van der Waals surface area contributed by atoms with E-state index in [9.17, 15) is 13.2 Å². The second-order valence-corrected chi connectivity index (χ2v) is 7.37. The zero-order valence-corrected chi connectivity index (χ0v) is 15.6. The summed E-state index contributed by atoms with van der Waals surface area (Å²) in [5, 5.41) is 1.10. The summed E-state index contributed by atoms with van der Waals surface area (Å²) < 4.78 is 37.9. The van der Waals surface area contributed by atoms with Crippen LogP contribution in [0, 0.1) is 0 Å². The number of hydrogen-bond acceptors (Lipinski definition) is 6. The van der Waals surface area contributed by atoms with E-state index >= 15 is 0 Å². The Hall–Kier alpha value is -2.97. The Kier molecular flexibility index (Phi) is 5.38. The summed E-state index contributed by atoms with van der Waals surface area (Å²) in [6, 6.07) is 13.0. The Morgan fingerprint density at radius 1 is 1.04 bits per heavy atom. The molecular formula is C19H18N2O5S. The molecule has 8 heteroatoms. The van der Waals surface area contributed by atoms with Gasteiger partial charge in [-0.3, -0.25) is 9.78 Å². The van der Waals surface area contributed by atoms with E-state index in [0.29, 0.717) is 28.8 Å². The quantitative estimate of drug-likeness (QED) is 0.699. The average Bonchev–Trinajstić information content (AvgIpc) is 2.67. The predicted octanol–water partition coefficient (Wildman–Crippen LogP) is 2.51. The lowest BCUT2D eigenvalue weighted by molar-refractivity contribution is 0.0981. The molecule has 27 heavy (non-hydrogen) atoms. The van der Waals surface area contributed by atoms with Gasteiger partial charge in [0.15, 0.2) is 0 Å². The third-order valence-electron chi connectivity index (χ3n) is 3.96. The molecular weight excluding hydrogens is 368 g/mol. The van der Waals surface area contributed by atoms with Gasteiger partial charge in [-0.2, -0.15) is 0 Å². The number of benzene rings is 2. The molecule has 0 spiro atoms. The van der Waals surface area contributed by atoms with Crippen LogP contribution in [0.4, 0.5) is 0 Å². The summed E-state index contributed by atoms with van der Waals surface area (Å²) in [4.78, 5) is 16.4. The summed E-state index contributed by atoms with van der Waals surface area (Å²) in [5.74, 6) is -0.208. The number of rotatable bonds is 6. The van der Waals surface area contributed by atoms with Gasteiger partial charge in [0, 0.05) is 24.1 Å². The fraction of sp³-hybridized carbons (Fsp3) is 0.158. The highest BCUT2D eigenvalue weighted by atomic mass is 32.2.